The first-order valence-electron chi connectivity index (χ1n) is 9.83. The van der Waals surface area contributed by atoms with Crippen molar-refractivity contribution in [3.05, 3.63) is 107 Å². The van der Waals surface area contributed by atoms with E-state index in [0.717, 1.165) is 22.5 Å². The Morgan fingerprint density at radius 2 is 1.72 bits per heavy atom. The fourth-order valence-electron chi connectivity index (χ4n) is 3.64. The van der Waals surface area contributed by atoms with E-state index in [1.165, 1.54) is 5.56 Å². The molecule has 29 heavy (non-hydrogen) atoms. The summed E-state index contributed by atoms with van der Waals surface area (Å²) < 4.78 is 7.36. The molecule has 2 heterocycles. The van der Waals surface area contributed by atoms with Gasteiger partial charge < -0.3 is 14.5 Å². The van der Waals surface area contributed by atoms with E-state index in [2.05, 4.69) is 40.9 Å². The maximum absolute atomic E-state index is 12.6. The third-order valence-electron chi connectivity index (χ3n) is 5.08. The molecule has 0 spiro atoms. The molecule has 4 nitrogen and oxygen atoms in total. The monoisotopic (exact) mass is 384 g/mol. The molecule has 0 aliphatic rings. The number of esters is 1. The standard InChI is InChI=1S/C25H24N2O2/c1-3-29-25(28)20-17-23(27-16-10-9-15-22(20)27)24(19-12-5-4-6-13-19)26-21-14-8-7-11-18(21)2/h4-17,24,26H,3H2,1-2H3/t24-/m0/s1. The van der Waals surface area contributed by atoms with Gasteiger partial charge in [0.05, 0.1) is 29.4 Å². The third-order valence-corrected chi connectivity index (χ3v) is 5.08. The van der Waals surface area contributed by atoms with Crippen molar-refractivity contribution in [3.63, 3.8) is 0 Å². The Morgan fingerprint density at radius 3 is 2.48 bits per heavy atom. The number of nitrogens with one attached hydrogen (secondary N) is 1. The molecule has 0 bridgehead atoms. The largest absolute Gasteiger partial charge is 0.462 e. The highest BCUT2D eigenvalue weighted by molar-refractivity contribution is 5.97. The van der Waals surface area contributed by atoms with Gasteiger partial charge in [0.25, 0.3) is 0 Å². The number of benzene rings is 2. The van der Waals surface area contributed by atoms with Crippen molar-refractivity contribution in [1.82, 2.24) is 4.40 Å². The van der Waals surface area contributed by atoms with Crippen LogP contribution in [0.5, 0.6) is 0 Å². The second-order valence-corrected chi connectivity index (χ2v) is 6.96. The normalized spacial score (nSPS) is 11.9. The van der Waals surface area contributed by atoms with Crippen molar-refractivity contribution in [2.24, 2.45) is 0 Å². The van der Waals surface area contributed by atoms with Crippen LogP contribution in [0, 0.1) is 6.92 Å². The van der Waals surface area contributed by atoms with Crippen LogP contribution in [0.25, 0.3) is 5.52 Å². The molecular weight excluding hydrogens is 360 g/mol. The van der Waals surface area contributed by atoms with Crippen LogP contribution < -0.4 is 5.32 Å². The number of carbonyl (C=O) groups excluding carboxylic acids is 1. The molecule has 146 valence electrons. The van der Waals surface area contributed by atoms with Crippen LogP contribution in [-0.4, -0.2) is 17.0 Å². The minimum absolute atomic E-state index is 0.129. The summed E-state index contributed by atoms with van der Waals surface area (Å²) in [7, 11) is 0. The van der Waals surface area contributed by atoms with Crippen LogP contribution in [0.15, 0.2) is 85.1 Å². The maximum Gasteiger partial charge on any atom is 0.340 e. The third kappa shape index (κ3) is 3.74. The molecule has 4 aromatic rings. The van der Waals surface area contributed by atoms with E-state index >= 15 is 0 Å². The SMILES string of the molecule is CCOC(=O)c1cc([C@@H](Nc2ccccc2C)c2ccccc2)n2ccccc12. The summed E-state index contributed by atoms with van der Waals surface area (Å²) in [6.45, 7) is 4.26. The zero-order chi connectivity index (χ0) is 20.2. The summed E-state index contributed by atoms with van der Waals surface area (Å²) in [4.78, 5) is 12.6. The van der Waals surface area contributed by atoms with E-state index in [1.54, 1.807) is 0 Å². The number of aryl methyl sites for hydroxylation is 1. The van der Waals surface area contributed by atoms with Gasteiger partial charge in [0, 0.05) is 11.9 Å². The first-order chi connectivity index (χ1) is 14.2. The summed E-state index contributed by atoms with van der Waals surface area (Å²) in [5, 5.41) is 3.68. The summed E-state index contributed by atoms with van der Waals surface area (Å²) in [5.41, 5.74) is 5.75. The van der Waals surface area contributed by atoms with Crippen molar-refractivity contribution >= 4 is 17.2 Å². The van der Waals surface area contributed by atoms with Gasteiger partial charge in [-0.1, -0.05) is 54.6 Å². The van der Waals surface area contributed by atoms with Gasteiger partial charge in [-0.15, -0.1) is 0 Å². The number of nitrogens with zero attached hydrogens (tertiary/aromatic N) is 1. The summed E-state index contributed by atoms with van der Waals surface area (Å²) in [6.07, 6.45) is 1.99. The van der Waals surface area contributed by atoms with Crippen molar-refractivity contribution in [1.29, 1.82) is 0 Å². The van der Waals surface area contributed by atoms with Gasteiger partial charge in [-0.25, -0.2) is 4.79 Å². The van der Waals surface area contributed by atoms with Crippen LogP contribution in [0.2, 0.25) is 0 Å². The van der Waals surface area contributed by atoms with Crippen molar-refractivity contribution in [3.8, 4) is 0 Å². The van der Waals surface area contributed by atoms with Crippen LogP contribution in [0.4, 0.5) is 5.69 Å². The lowest BCUT2D eigenvalue weighted by Crippen LogP contribution is -2.15. The van der Waals surface area contributed by atoms with Crippen molar-refractivity contribution < 1.29 is 9.53 Å². The molecule has 2 aromatic carbocycles. The fourth-order valence-corrected chi connectivity index (χ4v) is 3.64. The molecule has 0 fully saturated rings. The molecule has 0 unspecified atom stereocenters. The molecular formula is C25H24N2O2. The number of pyridine rings is 1. The van der Waals surface area contributed by atoms with E-state index in [-0.39, 0.29) is 12.0 Å². The number of para-hydroxylation sites is 1. The van der Waals surface area contributed by atoms with Crippen LogP contribution in [-0.2, 0) is 4.74 Å². The number of hydrogen-bond acceptors (Lipinski definition) is 3. The second kappa shape index (κ2) is 8.23. The average molecular weight is 384 g/mol. The highest BCUT2D eigenvalue weighted by Crippen LogP contribution is 2.31. The Hall–Kier alpha value is -3.53. The van der Waals surface area contributed by atoms with E-state index in [9.17, 15) is 4.79 Å². The van der Waals surface area contributed by atoms with Crippen LogP contribution in [0.3, 0.4) is 0 Å². The lowest BCUT2D eigenvalue weighted by Gasteiger charge is -2.22. The second-order valence-electron chi connectivity index (χ2n) is 6.96. The van der Waals surface area contributed by atoms with Gasteiger partial charge in [-0.3, -0.25) is 0 Å². The average Bonchev–Trinajstić information content (AvgIpc) is 3.14. The molecule has 2 aromatic heterocycles. The Morgan fingerprint density at radius 1 is 1.00 bits per heavy atom. The Bertz CT molecular complexity index is 1130. The van der Waals surface area contributed by atoms with Gasteiger partial charge in [0.1, 0.15) is 0 Å². The quantitative estimate of drug-likeness (QED) is 0.438. The van der Waals surface area contributed by atoms with Gasteiger partial charge in [-0.2, -0.15) is 0 Å². The lowest BCUT2D eigenvalue weighted by molar-refractivity contribution is 0.0529. The van der Waals surface area contributed by atoms with Crippen LogP contribution in [0.1, 0.15) is 40.1 Å². The molecule has 1 N–H and O–H groups in total. The molecule has 0 saturated carbocycles. The number of rotatable bonds is 6. The maximum atomic E-state index is 12.6. The number of hydrogen-bond donors (Lipinski definition) is 1. The van der Waals surface area contributed by atoms with Gasteiger partial charge >= 0.3 is 5.97 Å². The topological polar surface area (TPSA) is 42.7 Å². The zero-order valence-corrected chi connectivity index (χ0v) is 16.6. The predicted molar refractivity (Wildman–Crippen MR) is 116 cm³/mol. The van der Waals surface area contributed by atoms with Gasteiger partial charge in [-0.05, 0) is 49.2 Å². The smallest absolute Gasteiger partial charge is 0.340 e. The highest BCUT2D eigenvalue weighted by atomic mass is 16.5. The number of ether oxygens (including phenoxy) is 1. The first-order valence-corrected chi connectivity index (χ1v) is 9.83. The summed E-state index contributed by atoms with van der Waals surface area (Å²) in [6, 6.07) is 26.2. The predicted octanol–water partition coefficient (Wildman–Crippen LogP) is 5.63. The lowest BCUT2D eigenvalue weighted by atomic mass is 10.0. The Balaban J connectivity index is 1.88. The molecule has 1 atom stereocenters. The van der Waals surface area contributed by atoms with E-state index < -0.39 is 0 Å². The fraction of sp³-hybridized carbons (Fsp3) is 0.160. The molecule has 0 aliphatic heterocycles. The molecule has 0 saturated heterocycles. The molecule has 0 amide bonds. The molecule has 4 rings (SSSR count). The summed E-state index contributed by atoms with van der Waals surface area (Å²) >= 11 is 0. The first kappa shape index (κ1) is 18.8. The minimum atomic E-state index is -0.301. The number of carbonyl (C=O) groups is 1. The van der Waals surface area contributed by atoms with E-state index in [1.807, 2.05) is 67.7 Å². The summed E-state index contributed by atoms with van der Waals surface area (Å²) in [5.74, 6) is -0.301. The Kier molecular flexibility index (Phi) is 5.34. The number of fused-ring (bicyclic) bond motifs is 1. The Labute approximate surface area is 170 Å². The van der Waals surface area contributed by atoms with Crippen LogP contribution >= 0.6 is 0 Å². The van der Waals surface area contributed by atoms with Crippen molar-refractivity contribution in [2.45, 2.75) is 19.9 Å². The number of anilines is 1. The molecule has 0 radical (unpaired) electrons. The van der Waals surface area contributed by atoms with Gasteiger partial charge in [0.2, 0.25) is 0 Å². The zero-order valence-electron chi connectivity index (χ0n) is 16.6. The number of aromatic nitrogens is 1. The molecule has 0 aliphatic carbocycles. The highest BCUT2D eigenvalue weighted by Gasteiger charge is 2.23. The molecule has 4 heteroatoms. The van der Waals surface area contributed by atoms with E-state index in [0.29, 0.717) is 12.2 Å². The van der Waals surface area contributed by atoms with Crippen molar-refractivity contribution in [2.75, 3.05) is 11.9 Å². The van der Waals surface area contributed by atoms with E-state index in [4.69, 9.17) is 4.74 Å². The van der Waals surface area contributed by atoms with Gasteiger partial charge in [0.15, 0.2) is 0 Å². The minimum Gasteiger partial charge on any atom is -0.462 e.